The lowest BCUT2D eigenvalue weighted by Gasteiger charge is -2.47. The third-order valence-electron chi connectivity index (χ3n) is 8.15. The van der Waals surface area contributed by atoms with Gasteiger partial charge in [-0.05, 0) is 78.5 Å². The Balaban J connectivity index is 1.45. The zero-order valence-electron chi connectivity index (χ0n) is 20.8. The Morgan fingerprint density at radius 3 is 2.44 bits per heavy atom. The van der Waals surface area contributed by atoms with Crippen molar-refractivity contribution >= 4 is 5.71 Å². The van der Waals surface area contributed by atoms with E-state index in [0.29, 0.717) is 23.6 Å². The van der Waals surface area contributed by atoms with Gasteiger partial charge in [-0.3, -0.25) is 9.89 Å². The summed E-state index contributed by atoms with van der Waals surface area (Å²) in [6.45, 7) is 5.32. The molecule has 0 aliphatic carbocycles. The molecule has 0 radical (unpaired) electrons. The van der Waals surface area contributed by atoms with E-state index in [1.807, 2.05) is 12.1 Å². The van der Waals surface area contributed by atoms with Gasteiger partial charge in [-0.1, -0.05) is 13.3 Å². The molecule has 2 aromatic rings. The summed E-state index contributed by atoms with van der Waals surface area (Å²) in [5.74, 6) is 3.57. The first-order valence-electron chi connectivity index (χ1n) is 12.5. The number of aromatic hydroxyl groups is 1. The smallest absolute Gasteiger partial charge is 0.161 e. The van der Waals surface area contributed by atoms with Gasteiger partial charge in [-0.15, -0.1) is 0 Å². The summed E-state index contributed by atoms with van der Waals surface area (Å²) in [4.78, 5) is 7.64. The topological polar surface area (TPSA) is 63.5 Å². The largest absolute Gasteiger partial charge is 0.504 e. The third kappa shape index (κ3) is 4.02. The fourth-order valence-electron chi connectivity index (χ4n) is 6.29. The van der Waals surface area contributed by atoms with Crippen LogP contribution >= 0.6 is 0 Å². The maximum absolute atomic E-state index is 10.3. The van der Waals surface area contributed by atoms with Crippen molar-refractivity contribution in [3.05, 3.63) is 46.5 Å². The molecule has 1 fully saturated rings. The fraction of sp³-hybridized carbons (Fsp3) is 0.536. The van der Waals surface area contributed by atoms with E-state index < -0.39 is 0 Å². The van der Waals surface area contributed by atoms with Crippen molar-refractivity contribution < 1.29 is 19.3 Å². The first-order valence-corrected chi connectivity index (χ1v) is 12.5. The van der Waals surface area contributed by atoms with Crippen LogP contribution in [0.15, 0.2) is 29.3 Å². The maximum atomic E-state index is 10.3. The van der Waals surface area contributed by atoms with E-state index in [4.69, 9.17) is 19.2 Å². The van der Waals surface area contributed by atoms with Crippen molar-refractivity contribution in [3.8, 4) is 23.0 Å². The van der Waals surface area contributed by atoms with Crippen LogP contribution in [0.4, 0.5) is 0 Å². The van der Waals surface area contributed by atoms with Crippen LogP contribution in [0, 0.1) is 11.8 Å². The number of rotatable bonds is 6. The number of fused-ring (bicyclic) bond motifs is 4. The number of phenols is 1. The van der Waals surface area contributed by atoms with E-state index in [2.05, 4.69) is 24.0 Å². The minimum Gasteiger partial charge on any atom is -0.504 e. The molecule has 1 saturated heterocycles. The average molecular weight is 465 g/mol. The average Bonchev–Trinajstić information content (AvgIpc) is 2.87. The quantitative estimate of drug-likeness (QED) is 0.665. The standard InChI is InChI=1S/C28H36N2O4/c1-5-17-16-30-9-7-19-13-27(33-3)28(34-4)15-22(19)24(30)11-20(17)10-23-21-14-26(32-2)25(31)12-18(21)6-8-29-23/h12-15,17,20,24,31H,5-11,16H2,1-4H3/t17-,20+,24+/m0/s1. The van der Waals surface area contributed by atoms with Crippen molar-refractivity contribution in [2.24, 2.45) is 16.8 Å². The molecule has 3 atom stereocenters. The molecule has 5 rings (SSSR count). The van der Waals surface area contributed by atoms with E-state index in [0.717, 1.165) is 62.4 Å². The second kappa shape index (κ2) is 9.49. The van der Waals surface area contributed by atoms with Crippen LogP contribution in [0.2, 0.25) is 0 Å². The van der Waals surface area contributed by atoms with E-state index in [9.17, 15) is 5.11 Å². The normalized spacial score (nSPS) is 23.9. The zero-order chi connectivity index (χ0) is 23.8. The summed E-state index contributed by atoms with van der Waals surface area (Å²) >= 11 is 0. The van der Waals surface area contributed by atoms with E-state index in [1.54, 1.807) is 21.3 Å². The number of hydrogen-bond acceptors (Lipinski definition) is 6. The molecule has 0 aromatic heterocycles. The number of ether oxygens (including phenoxy) is 3. The fourth-order valence-corrected chi connectivity index (χ4v) is 6.29. The molecule has 3 aliphatic rings. The van der Waals surface area contributed by atoms with Crippen LogP contribution in [0.3, 0.4) is 0 Å². The lowest BCUT2D eigenvalue weighted by molar-refractivity contribution is 0.0546. The molecule has 0 spiro atoms. The molecule has 3 aliphatic heterocycles. The minimum absolute atomic E-state index is 0.213. The summed E-state index contributed by atoms with van der Waals surface area (Å²) in [7, 11) is 5.03. The van der Waals surface area contributed by atoms with Gasteiger partial charge in [-0.2, -0.15) is 0 Å². The Labute approximate surface area is 202 Å². The SMILES string of the molecule is CC[C@H]1CN2CCc3cc(OC)c(OC)cc3[C@H]2C[C@H]1CC1=NCCc2cc(O)c(OC)cc21. The van der Waals surface area contributed by atoms with Gasteiger partial charge in [0.05, 0.1) is 21.3 Å². The molecule has 6 heteroatoms. The highest BCUT2D eigenvalue weighted by Crippen LogP contribution is 2.46. The van der Waals surface area contributed by atoms with Gasteiger partial charge in [0, 0.05) is 37.0 Å². The van der Waals surface area contributed by atoms with Gasteiger partial charge < -0.3 is 19.3 Å². The molecular weight excluding hydrogens is 428 g/mol. The third-order valence-corrected chi connectivity index (χ3v) is 8.15. The van der Waals surface area contributed by atoms with E-state index in [-0.39, 0.29) is 5.75 Å². The number of aliphatic imine (C=N–C) groups is 1. The lowest BCUT2D eigenvalue weighted by Crippen LogP contribution is -2.46. The summed E-state index contributed by atoms with van der Waals surface area (Å²) in [6, 6.07) is 8.61. The summed E-state index contributed by atoms with van der Waals surface area (Å²) < 4.78 is 16.6. The van der Waals surface area contributed by atoms with Crippen molar-refractivity contribution in [1.82, 2.24) is 4.90 Å². The Bertz CT molecular complexity index is 1100. The monoisotopic (exact) mass is 464 g/mol. The Morgan fingerprint density at radius 2 is 1.71 bits per heavy atom. The van der Waals surface area contributed by atoms with Gasteiger partial charge in [0.25, 0.3) is 0 Å². The first kappa shape index (κ1) is 23.0. The van der Waals surface area contributed by atoms with Crippen LogP contribution in [-0.2, 0) is 12.8 Å². The molecule has 3 heterocycles. The summed E-state index contributed by atoms with van der Waals surface area (Å²) in [5.41, 5.74) is 6.26. The van der Waals surface area contributed by atoms with Crippen molar-refractivity contribution in [1.29, 1.82) is 0 Å². The molecular formula is C28H36N2O4. The molecule has 0 saturated carbocycles. The van der Waals surface area contributed by atoms with Gasteiger partial charge in [0.2, 0.25) is 0 Å². The predicted molar refractivity (Wildman–Crippen MR) is 134 cm³/mol. The summed E-state index contributed by atoms with van der Waals surface area (Å²) in [6.07, 6.45) is 5.17. The van der Waals surface area contributed by atoms with E-state index in [1.165, 1.54) is 28.8 Å². The number of hydrogen-bond donors (Lipinski definition) is 1. The number of nitrogens with zero attached hydrogens (tertiary/aromatic N) is 2. The van der Waals surface area contributed by atoms with Crippen LogP contribution < -0.4 is 14.2 Å². The second-order valence-electron chi connectivity index (χ2n) is 9.79. The molecule has 2 aromatic carbocycles. The zero-order valence-corrected chi connectivity index (χ0v) is 20.8. The molecule has 1 N–H and O–H groups in total. The van der Waals surface area contributed by atoms with Gasteiger partial charge in [0.15, 0.2) is 23.0 Å². The Morgan fingerprint density at radius 1 is 0.941 bits per heavy atom. The number of piperidine rings is 1. The minimum atomic E-state index is 0.213. The van der Waals surface area contributed by atoms with Crippen LogP contribution in [0.5, 0.6) is 23.0 Å². The van der Waals surface area contributed by atoms with E-state index >= 15 is 0 Å². The van der Waals surface area contributed by atoms with Crippen molar-refractivity contribution in [2.45, 2.75) is 45.1 Å². The highest BCUT2D eigenvalue weighted by atomic mass is 16.5. The van der Waals surface area contributed by atoms with Gasteiger partial charge in [0.1, 0.15) is 0 Å². The molecule has 0 amide bonds. The first-order chi connectivity index (χ1) is 16.6. The molecule has 182 valence electrons. The second-order valence-corrected chi connectivity index (χ2v) is 9.79. The molecule has 34 heavy (non-hydrogen) atoms. The Kier molecular flexibility index (Phi) is 6.43. The van der Waals surface area contributed by atoms with Crippen LogP contribution in [0.1, 0.15) is 54.5 Å². The van der Waals surface area contributed by atoms with Crippen molar-refractivity contribution in [2.75, 3.05) is 41.0 Å². The number of benzene rings is 2. The van der Waals surface area contributed by atoms with Crippen LogP contribution in [0.25, 0.3) is 0 Å². The van der Waals surface area contributed by atoms with Crippen LogP contribution in [-0.4, -0.2) is 56.7 Å². The highest BCUT2D eigenvalue weighted by molar-refractivity contribution is 6.03. The Hall–Kier alpha value is -2.73. The summed E-state index contributed by atoms with van der Waals surface area (Å²) in [5, 5.41) is 10.3. The van der Waals surface area contributed by atoms with Gasteiger partial charge in [-0.25, -0.2) is 0 Å². The maximum Gasteiger partial charge on any atom is 0.161 e. The highest BCUT2D eigenvalue weighted by Gasteiger charge is 2.39. The van der Waals surface area contributed by atoms with Gasteiger partial charge >= 0.3 is 0 Å². The number of phenolic OH excluding ortho intramolecular Hbond substituents is 1. The van der Waals surface area contributed by atoms with Crippen molar-refractivity contribution in [3.63, 3.8) is 0 Å². The molecule has 0 unspecified atom stereocenters. The lowest BCUT2D eigenvalue weighted by atomic mass is 9.73. The number of methoxy groups -OCH3 is 3. The molecule has 6 nitrogen and oxygen atoms in total. The molecule has 0 bridgehead atoms. The predicted octanol–water partition coefficient (Wildman–Crippen LogP) is 4.80.